The van der Waals surface area contributed by atoms with Crippen molar-refractivity contribution in [3.05, 3.63) is 84.1 Å². The molecule has 0 atom stereocenters. The first-order chi connectivity index (χ1) is 18.5. The average Bonchev–Trinajstić information content (AvgIpc) is 3.33. The number of rotatable bonds is 8. The van der Waals surface area contributed by atoms with E-state index in [9.17, 15) is 9.90 Å². The average molecular weight is 510 g/mol. The van der Waals surface area contributed by atoms with Crippen LogP contribution < -0.4 is 19.5 Å². The fraction of sp³-hybridized carbons (Fsp3) is 0.133. The molecule has 0 radical (unpaired) electrons. The number of hydrogen-bond acceptors (Lipinski definition) is 6. The predicted octanol–water partition coefficient (Wildman–Crippen LogP) is 5.44. The molecule has 0 aliphatic rings. The van der Waals surface area contributed by atoms with Crippen molar-refractivity contribution in [2.75, 3.05) is 21.3 Å². The van der Waals surface area contributed by atoms with Crippen molar-refractivity contribution in [2.24, 2.45) is 0 Å². The lowest BCUT2D eigenvalue weighted by Gasteiger charge is -2.12. The molecule has 3 aromatic carbocycles. The normalized spacial score (nSPS) is 11.2. The molecule has 3 N–H and O–H groups in total. The van der Waals surface area contributed by atoms with Gasteiger partial charge in [0.25, 0.3) is 0 Å². The summed E-state index contributed by atoms with van der Waals surface area (Å²) in [7, 11) is 4.63. The van der Waals surface area contributed by atoms with E-state index in [2.05, 4.69) is 16.4 Å². The van der Waals surface area contributed by atoms with E-state index >= 15 is 0 Å². The number of fused-ring (bicyclic) bond motifs is 3. The molecule has 38 heavy (non-hydrogen) atoms. The highest BCUT2D eigenvalue weighted by atomic mass is 16.5. The third-order valence-electron chi connectivity index (χ3n) is 6.25. The van der Waals surface area contributed by atoms with Crippen molar-refractivity contribution in [3.8, 4) is 34.3 Å². The summed E-state index contributed by atoms with van der Waals surface area (Å²) in [5, 5.41) is 14.7. The first-order valence-corrected chi connectivity index (χ1v) is 12.0. The van der Waals surface area contributed by atoms with Gasteiger partial charge in [-0.1, -0.05) is 18.2 Å². The van der Waals surface area contributed by atoms with Crippen LogP contribution >= 0.6 is 0 Å². The Morgan fingerprint density at radius 2 is 1.66 bits per heavy atom. The number of benzene rings is 3. The monoisotopic (exact) mass is 509 g/mol. The van der Waals surface area contributed by atoms with E-state index < -0.39 is 0 Å². The smallest absolute Gasteiger partial charge is 0.244 e. The van der Waals surface area contributed by atoms with Crippen LogP contribution in [0.2, 0.25) is 0 Å². The van der Waals surface area contributed by atoms with E-state index in [1.165, 1.54) is 13.2 Å². The summed E-state index contributed by atoms with van der Waals surface area (Å²) in [6.45, 7) is 0.235. The fourth-order valence-corrected chi connectivity index (χ4v) is 4.42. The number of ether oxygens (including phenoxy) is 3. The van der Waals surface area contributed by atoms with E-state index in [4.69, 9.17) is 19.2 Å². The molecule has 0 unspecified atom stereocenters. The quantitative estimate of drug-likeness (QED) is 0.241. The summed E-state index contributed by atoms with van der Waals surface area (Å²) in [5.41, 5.74) is 4.93. The van der Waals surface area contributed by atoms with Gasteiger partial charge in [-0.05, 0) is 60.2 Å². The molecule has 2 aromatic heterocycles. The Hall–Kier alpha value is -4.98. The lowest BCUT2D eigenvalue weighted by molar-refractivity contribution is -0.116. The van der Waals surface area contributed by atoms with Gasteiger partial charge < -0.3 is 29.6 Å². The summed E-state index contributed by atoms with van der Waals surface area (Å²) >= 11 is 0. The van der Waals surface area contributed by atoms with Gasteiger partial charge in [-0.2, -0.15) is 0 Å². The molecule has 5 aromatic rings. The zero-order chi connectivity index (χ0) is 26.6. The molecule has 0 bridgehead atoms. The summed E-state index contributed by atoms with van der Waals surface area (Å²) < 4.78 is 16.1. The Balaban J connectivity index is 1.42. The number of phenols is 1. The van der Waals surface area contributed by atoms with Crippen LogP contribution in [0.15, 0.2) is 72.8 Å². The fourth-order valence-electron chi connectivity index (χ4n) is 4.42. The van der Waals surface area contributed by atoms with E-state index in [0.717, 1.165) is 38.6 Å². The van der Waals surface area contributed by atoms with Crippen molar-refractivity contribution in [1.82, 2.24) is 15.3 Å². The van der Waals surface area contributed by atoms with E-state index in [0.29, 0.717) is 22.9 Å². The lowest BCUT2D eigenvalue weighted by atomic mass is 10.1. The summed E-state index contributed by atoms with van der Waals surface area (Å²) in [6, 6.07) is 20.5. The van der Waals surface area contributed by atoms with Crippen LogP contribution in [0.5, 0.6) is 23.0 Å². The number of H-pyrrole nitrogens is 1. The van der Waals surface area contributed by atoms with Crippen molar-refractivity contribution in [1.29, 1.82) is 0 Å². The minimum absolute atomic E-state index is 0.184. The molecule has 0 saturated carbocycles. The standard InChI is InChI=1S/C30H27N3O5/c1-36-25-14-18(15-26(37-2)30(25)38-3)8-13-27(35)31-17-20-16-23-22-6-4-5-7-24(22)33-29(23)28(32-20)19-9-11-21(34)12-10-19/h4-16,33-34H,17H2,1-3H3,(H,31,35)/b13-8+. The van der Waals surface area contributed by atoms with Gasteiger partial charge in [0.15, 0.2) is 11.5 Å². The van der Waals surface area contributed by atoms with Gasteiger partial charge in [0.2, 0.25) is 11.7 Å². The molecule has 0 aliphatic heterocycles. The molecule has 8 nitrogen and oxygen atoms in total. The van der Waals surface area contributed by atoms with Gasteiger partial charge >= 0.3 is 0 Å². The number of carbonyl (C=O) groups is 1. The number of nitrogens with one attached hydrogen (secondary N) is 2. The second-order valence-corrected chi connectivity index (χ2v) is 8.61. The van der Waals surface area contributed by atoms with Gasteiger partial charge in [0.1, 0.15) is 5.75 Å². The van der Waals surface area contributed by atoms with Crippen LogP contribution in [0, 0.1) is 0 Å². The number of phenolic OH excluding ortho intramolecular Hbond substituents is 1. The number of pyridine rings is 1. The van der Waals surface area contributed by atoms with Crippen LogP contribution in [0.25, 0.3) is 39.1 Å². The number of aromatic hydroxyl groups is 1. The van der Waals surface area contributed by atoms with Gasteiger partial charge in [0, 0.05) is 27.9 Å². The van der Waals surface area contributed by atoms with E-state index in [1.54, 1.807) is 44.6 Å². The maximum absolute atomic E-state index is 12.7. The van der Waals surface area contributed by atoms with Crippen LogP contribution in [0.3, 0.4) is 0 Å². The first kappa shape index (κ1) is 24.7. The predicted molar refractivity (Wildman–Crippen MR) is 148 cm³/mol. The molecule has 8 heteroatoms. The Kier molecular flexibility index (Phi) is 6.86. The largest absolute Gasteiger partial charge is 0.508 e. The molecule has 0 spiro atoms. The molecular weight excluding hydrogens is 482 g/mol. The highest BCUT2D eigenvalue weighted by Gasteiger charge is 2.15. The highest BCUT2D eigenvalue weighted by molar-refractivity contribution is 6.11. The van der Waals surface area contributed by atoms with E-state index in [-0.39, 0.29) is 18.2 Å². The topological polar surface area (TPSA) is 106 Å². The molecule has 192 valence electrons. The molecule has 0 fully saturated rings. The van der Waals surface area contributed by atoms with E-state index in [1.807, 2.05) is 36.4 Å². The zero-order valence-electron chi connectivity index (χ0n) is 21.2. The van der Waals surface area contributed by atoms with Gasteiger partial charge in [-0.25, -0.2) is 4.98 Å². The third-order valence-corrected chi connectivity index (χ3v) is 6.25. The number of aromatic nitrogens is 2. The van der Waals surface area contributed by atoms with Crippen LogP contribution in [-0.2, 0) is 11.3 Å². The van der Waals surface area contributed by atoms with Gasteiger partial charge in [-0.15, -0.1) is 0 Å². The molecule has 1 amide bonds. The zero-order valence-corrected chi connectivity index (χ0v) is 21.2. The number of nitrogens with zero attached hydrogens (tertiary/aromatic N) is 1. The second kappa shape index (κ2) is 10.6. The number of carbonyl (C=O) groups excluding carboxylic acids is 1. The molecule has 0 saturated heterocycles. The maximum atomic E-state index is 12.7. The second-order valence-electron chi connectivity index (χ2n) is 8.61. The Bertz CT molecular complexity index is 1630. The summed E-state index contributed by atoms with van der Waals surface area (Å²) in [5.74, 6) is 1.41. The van der Waals surface area contributed by atoms with Crippen LogP contribution in [-0.4, -0.2) is 42.3 Å². The molecule has 0 aliphatic carbocycles. The first-order valence-electron chi connectivity index (χ1n) is 12.0. The van der Waals surface area contributed by atoms with Crippen molar-refractivity contribution in [3.63, 3.8) is 0 Å². The summed E-state index contributed by atoms with van der Waals surface area (Å²) in [6.07, 6.45) is 3.13. The number of hydrogen-bond donors (Lipinski definition) is 3. The number of aromatic amines is 1. The Labute approximate surface area is 219 Å². The lowest BCUT2D eigenvalue weighted by Crippen LogP contribution is -2.21. The van der Waals surface area contributed by atoms with Gasteiger partial charge in [0.05, 0.1) is 44.8 Å². The Morgan fingerprint density at radius 3 is 2.34 bits per heavy atom. The van der Waals surface area contributed by atoms with Crippen molar-refractivity contribution < 1.29 is 24.1 Å². The molecule has 5 rings (SSSR count). The SMILES string of the molecule is COc1cc(/C=C/C(=O)NCc2cc3c([nH]c4ccccc43)c(-c3ccc(O)cc3)n2)cc(OC)c1OC. The maximum Gasteiger partial charge on any atom is 0.244 e. The van der Waals surface area contributed by atoms with Gasteiger partial charge in [-0.3, -0.25) is 4.79 Å². The minimum Gasteiger partial charge on any atom is -0.508 e. The highest BCUT2D eigenvalue weighted by Crippen LogP contribution is 2.38. The number of amides is 1. The van der Waals surface area contributed by atoms with Crippen LogP contribution in [0.4, 0.5) is 0 Å². The molecule has 2 heterocycles. The number of para-hydroxylation sites is 1. The van der Waals surface area contributed by atoms with Crippen molar-refractivity contribution >= 4 is 33.8 Å². The number of methoxy groups -OCH3 is 3. The summed E-state index contributed by atoms with van der Waals surface area (Å²) in [4.78, 5) is 21.0. The van der Waals surface area contributed by atoms with Crippen molar-refractivity contribution in [2.45, 2.75) is 6.54 Å². The molecular formula is C30H27N3O5. The third kappa shape index (κ3) is 4.84. The van der Waals surface area contributed by atoms with Crippen LogP contribution in [0.1, 0.15) is 11.3 Å². The Morgan fingerprint density at radius 1 is 0.947 bits per heavy atom. The minimum atomic E-state index is -0.272.